The van der Waals surface area contributed by atoms with Gasteiger partial charge < -0.3 is 15.2 Å². The number of hydrogen-bond acceptors (Lipinski definition) is 5. The number of piperidine rings is 1. The molecule has 0 aromatic rings. The van der Waals surface area contributed by atoms with Gasteiger partial charge in [-0.05, 0) is 54.4 Å². The van der Waals surface area contributed by atoms with Crippen LogP contribution in [0.4, 0.5) is 4.79 Å². The summed E-state index contributed by atoms with van der Waals surface area (Å²) in [4.78, 5) is 26.0. The van der Waals surface area contributed by atoms with Gasteiger partial charge in [-0.3, -0.25) is 4.90 Å². The van der Waals surface area contributed by atoms with Gasteiger partial charge in [-0.2, -0.15) is 0 Å². The summed E-state index contributed by atoms with van der Waals surface area (Å²) in [6.45, 7) is 11.2. The molecule has 122 valence electrons. The molecule has 1 amide bonds. The van der Waals surface area contributed by atoms with Crippen molar-refractivity contribution in [1.82, 2.24) is 4.90 Å². The highest BCUT2D eigenvalue weighted by Crippen LogP contribution is 2.22. The second kappa shape index (κ2) is 6.22. The third-order valence-corrected chi connectivity index (χ3v) is 2.95. The Morgan fingerprint density at radius 2 is 1.57 bits per heavy atom. The quantitative estimate of drug-likeness (QED) is 0.750. The number of carbonyl (C=O) groups excluding carboxylic acids is 2. The Hall–Kier alpha value is -1.30. The normalized spacial score (nSPS) is 23.7. The van der Waals surface area contributed by atoms with E-state index in [1.807, 2.05) is 0 Å². The zero-order valence-corrected chi connectivity index (χ0v) is 13.9. The molecule has 0 aliphatic carbocycles. The lowest BCUT2D eigenvalue weighted by Crippen LogP contribution is -2.55. The van der Waals surface area contributed by atoms with E-state index in [4.69, 9.17) is 15.2 Å². The van der Waals surface area contributed by atoms with Crippen molar-refractivity contribution in [2.24, 2.45) is 5.73 Å². The minimum atomic E-state index is -0.678. The van der Waals surface area contributed by atoms with E-state index >= 15 is 0 Å². The largest absolute Gasteiger partial charge is 0.458 e. The molecular weight excluding hydrogens is 272 g/mol. The lowest BCUT2D eigenvalue weighted by atomic mass is 9.98. The van der Waals surface area contributed by atoms with Crippen molar-refractivity contribution >= 4 is 12.1 Å². The van der Waals surface area contributed by atoms with Crippen molar-refractivity contribution < 1.29 is 19.1 Å². The first kappa shape index (κ1) is 17.8. The predicted octanol–water partition coefficient (Wildman–Crippen LogP) is 2.05. The minimum Gasteiger partial charge on any atom is -0.458 e. The molecule has 2 N–H and O–H groups in total. The molecule has 0 bridgehead atoms. The fourth-order valence-corrected chi connectivity index (χ4v) is 2.12. The summed E-state index contributed by atoms with van der Waals surface area (Å²) in [6.07, 6.45) is 0.553. The van der Waals surface area contributed by atoms with Crippen LogP contribution in [0.25, 0.3) is 0 Å². The first-order chi connectivity index (χ1) is 9.39. The second-order valence-electron chi connectivity index (χ2n) is 7.51. The van der Waals surface area contributed by atoms with Gasteiger partial charge in [0.2, 0.25) is 0 Å². The van der Waals surface area contributed by atoms with Gasteiger partial charge in [-0.25, -0.2) is 9.59 Å². The van der Waals surface area contributed by atoms with E-state index in [-0.39, 0.29) is 6.04 Å². The van der Waals surface area contributed by atoms with Crippen LogP contribution in [0, 0.1) is 0 Å². The SMILES string of the molecule is CC(C)(C)OC(=O)[C@H]1CC(N)CCN1C(=O)OC(C)(C)C. The summed E-state index contributed by atoms with van der Waals surface area (Å²) in [5.41, 5.74) is 4.73. The third-order valence-electron chi connectivity index (χ3n) is 2.95. The minimum absolute atomic E-state index is 0.110. The Balaban J connectivity index is 2.84. The van der Waals surface area contributed by atoms with Crippen molar-refractivity contribution in [3.05, 3.63) is 0 Å². The average molecular weight is 300 g/mol. The lowest BCUT2D eigenvalue weighted by molar-refractivity contribution is -0.162. The van der Waals surface area contributed by atoms with E-state index in [9.17, 15) is 9.59 Å². The number of esters is 1. The number of amides is 1. The van der Waals surface area contributed by atoms with E-state index in [2.05, 4.69) is 0 Å². The summed E-state index contributed by atoms with van der Waals surface area (Å²) in [6, 6.07) is -0.788. The number of nitrogens with two attached hydrogens (primary N) is 1. The zero-order valence-electron chi connectivity index (χ0n) is 13.9. The predicted molar refractivity (Wildman–Crippen MR) is 79.8 cm³/mol. The molecule has 21 heavy (non-hydrogen) atoms. The lowest BCUT2D eigenvalue weighted by Gasteiger charge is -2.38. The smallest absolute Gasteiger partial charge is 0.411 e. The van der Waals surface area contributed by atoms with Gasteiger partial charge in [0.15, 0.2) is 0 Å². The summed E-state index contributed by atoms with van der Waals surface area (Å²) in [7, 11) is 0. The maximum atomic E-state index is 12.3. The highest BCUT2D eigenvalue weighted by Gasteiger charge is 2.39. The summed E-state index contributed by atoms with van der Waals surface area (Å²) < 4.78 is 10.8. The molecule has 0 aromatic heterocycles. The van der Waals surface area contributed by atoms with Crippen LogP contribution in [0.3, 0.4) is 0 Å². The first-order valence-electron chi connectivity index (χ1n) is 7.37. The van der Waals surface area contributed by atoms with Crippen LogP contribution in [-0.4, -0.2) is 46.8 Å². The van der Waals surface area contributed by atoms with Crippen LogP contribution < -0.4 is 5.73 Å². The third kappa shape index (κ3) is 5.91. The van der Waals surface area contributed by atoms with Gasteiger partial charge in [-0.1, -0.05) is 0 Å². The van der Waals surface area contributed by atoms with Crippen LogP contribution in [-0.2, 0) is 14.3 Å². The molecule has 6 nitrogen and oxygen atoms in total. The fraction of sp³-hybridized carbons (Fsp3) is 0.867. The van der Waals surface area contributed by atoms with E-state index < -0.39 is 29.3 Å². The number of nitrogens with zero attached hydrogens (tertiary/aromatic N) is 1. The van der Waals surface area contributed by atoms with Crippen molar-refractivity contribution in [2.75, 3.05) is 6.54 Å². The number of rotatable bonds is 1. The zero-order chi connectivity index (χ0) is 16.4. The van der Waals surface area contributed by atoms with E-state index in [0.717, 1.165) is 0 Å². The van der Waals surface area contributed by atoms with E-state index in [0.29, 0.717) is 19.4 Å². The molecule has 1 unspecified atom stereocenters. The molecule has 1 rings (SSSR count). The average Bonchev–Trinajstić information content (AvgIpc) is 2.23. The molecule has 6 heteroatoms. The number of likely N-dealkylation sites (tertiary alicyclic amines) is 1. The molecule has 1 aliphatic heterocycles. The Bertz CT molecular complexity index is 395. The topological polar surface area (TPSA) is 81.9 Å². The molecule has 0 saturated carbocycles. The molecule has 0 aromatic carbocycles. The van der Waals surface area contributed by atoms with E-state index in [1.165, 1.54) is 4.90 Å². The Labute approximate surface area is 126 Å². The molecule has 1 saturated heterocycles. The summed E-state index contributed by atoms with van der Waals surface area (Å²) in [5.74, 6) is -0.427. The van der Waals surface area contributed by atoms with Gasteiger partial charge in [0.1, 0.15) is 17.2 Å². The van der Waals surface area contributed by atoms with Crippen molar-refractivity contribution in [1.29, 1.82) is 0 Å². The Kier molecular flexibility index (Phi) is 5.25. The Morgan fingerprint density at radius 1 is 1.05 bits per heavy atom. The monoisotopic (exact) mass is 300 g/mol. The van der Waals surface area contributed by atoms with Gasteiger partial charge in [-0.15, -0.1) is 0 Å². The van der Waals surface area contributed by atoms with Crippen molar-refractivity contribution in [3.63, 3.8) is 0 Å². The molecule has 2 atom stereocenters. The summed E-state index contributed by atoms with van der Waals surface area (Å²) in [5, 5.41) is 0. The fourth-order valence-electron chi connectivity index (χ4n) is 2.12. The maximum Gasteiger partial charge on any atom is 0.411 e. The van der Waals surface area contributed by atoms with Gasteiger partial charge in [0.05, 0.1) is 0 Å². The van der Waals surface area contributed by atoms with Gasteiger partial charge in [0.25, 0.3) is 0 Å². The highest BCUT2D eigenvalue weighted by atomic mass is 16.6. The summed E-state index contributed by atoms with van der Waals surface area (Å²) >= 11 is 0. The molecule has 1 aliphatic rings. The van der Waals surface area contributed by atoms with Gasteiger partial charge >= 0.3 is 12.1 Å². The van der Waals surface area contributed by atoms with Crippen LogP contribution in [0.2, 0.25) is 0 Å². The second-order valence-corrected chi connectivity index (χ2v) is 7.51. The number of carbonyl (C=O) groups is 2. The molecule has 0 spiro atoms. The molecule has 0 radical (unpaired) electrons. The molecule has 1 heterocycles. The highest BCUT2D eigenvalue weighted by molar-refractivity contribution is 5.82. The number of hydrogen-bond donors (Lipinski definition) is 1. The van der Waals surface area contributed by atoms with Crippen LogP contribution in [0.1, 0.15) is 54.4 Å². The maximum absolute atomic E-state index is 12.3. The Morgan fingerprint density at radius 3 is 2.05 bits per heavy atom. The van der Waals surface area contributed by atoms with Crippen molar-refractivity contribution in [3.8, 4) is 0 Å². The van der Waals surface area contributed by atoms with Crippen LogP contribution in [0.15, 0.2) is 0 Å². The van der Waals surface area contributed by atoms with Gasteiger partial charge in [0, 0.05) is 12.6 Å². The van der Waals surface area contributed by atoms with Crippen molar-refractivity contribution in [2.45, 2.75) is 77.7 Å². The molecular formula is C15H28N2O4. The molecule has 1 fully saturated rings. The standard InChI is InChI=1S/C15H28N2O4/c1-14(2,3)20-12(18)11-9-10(16)7-8-17(11)13(19)21-15(4,5)6/h10-11H,7-9,16H2,1-6H3/t10?,11-/m1/s1. The first-order valence-corrected chi connectivity index (χ1v) is 7.37. The van der Waals surface area contributed by atoms with Crippen LogP contribution >= 0.6 is 0 Å². The van der Waals surface area contributed by atoms with E-state index in [1.54, 1.807) is 41.5 Å². The van der Waals surface area contributed by atoms with Crippen LogP contribution in [0.5, 0.6) is 0 Å². The number of ether oxygens (including phenoxy) is 2.